The SMILES string of the molecule is COCc1ccc(C(=O)NC/C=C/C(=O)OC)[nH]1. The molecule has 0 aromatic carbocycles. The zero-order chi connectivity index (χ0) is 13.4. The minimum Gasteiger partial charge on any atom is -0.466 e. The molecule has 2 N–H and O–H groups in total. The molecule has 0 saturated carbocycles. The molecule has 0 radical (unpaired) electrons. The van der Waals surface area contributed by atoms with Crippen molar-refractivity contribution >= 4 is 11.9 Å². The van der Waals surface area contributed by atoms with E-state index in [4.69, 9.17) is 4.74 Å². The standard InChI is InChI=1S/C12H16N2O4/c1-17-8-9-5-6-10(14-9)12(16)13-7-3-4-11(15)18-2/h3-6,14H,7-8H2,1-2H3,(H,13,16)/b4-3+. The molecule has 0 aliphatic carbocycles. The van der Waals surface area contributed by atoms with Crippen molar-refractivity contribution in [2.75, 3.05) is 20.8 Å². The summed E-state index contributed by atoms with van der Waals surface area (Å²) in [5.41, 5.74) is 1.28. The summed E-state index contributed by atoms with van der Waals surface area (Å²) >= 11 is 0. The Morgan fingerprint density at radius 2 is 2.17 bits per heavy atom. The highest BCUT2D eigenvalue weighted by Crippen LogP contribution is 2.02. The molecule has 0 unspecified atom stereocenters. The molecule has 6 heteroatoms. The van der Waals surface area contributed by atoms with E-state index in [1.165, 1.54) is 19.3 Å². The van der Waals surface area contributed by atoms with Crippen LogP contribution in [0.3, 0.4) is 0 Å². The second kappa shape index (κ2) is 7.29. The number of H-pyrrole nitrogens is 1. The van der Waals surface area contributed by atoms with E-state index in [0.29, 0.717) is 12.3 Å². The maximum absolute atomic E-state index is 11.6. The lowest BCUT2D eigenvalue weighted by Crippen LogP contribution is -2.23. The minimum atomic E-state index is -0.452. The van der Waals surface area contributed by atoms with E-state index >= 15 is 0 Å². The molecule has 18 heavy (non-hydrogen) atoms. The topological polar surface area (TPSA) is 80.4 Å². The Kier molecular flexibility index (Phi) is 5.66. The number of rotatable bonds is 6. The lowest BCUT2D eigenvalue weighted by Gasteiger charge is -1.99. The molecule has 0 atom stereocenters. The quantitative estimate of drug-likeness (QED) is 0.574. The number of carbonyl (C=O) groups excluding carboxylic acids is 2. The average molecular weight is 252 g/mol. The van der Waals surface area contributed by atoms with Crippen LogP contribution in [0.4, 0.5) is 0 Å². The molecule has 1 aromatic heterocycles. The van der Waals surface area contributed by atoms with Crippen molar-refractivity contribution in [1.82, 2.24) is 10.3 Å². The molecule has 0 aliphatic heterocycles. The molecular weight excluding hydrogens is 236 g/mol. The van der Waals surface area contributed by atoms with E-state index in [-0.39, 0.29) is 12.5 Å². The van der Waals surface area contributed by atoms with Crippen LogP contribution in [0, 0.1) is 0 Å². The fourth-order valence-corrected chi connectivity index (χ4v) is 1.28. The van der Waals surface area contributed by atoms with Crippen molar-refractivity contribution in [3.63, 3.8) is 0 Å². The van der Waals surface area contributed by atoms with Gasteiger partial charge in [-0.15, -0.1) is 0 Å². The average Bonchev–Trinajstić information content (AvgIpc) is 2.83. The van der Waals surface area contributed by atoms with E-state index in [0.717, 1.165) is 5.69 Å². The number of carbonyl (C=O) groups is 2. The van der Waals surface area contributed by atoms with Crippen molar-refractivity contribution in [3.05, 3.63) is 35.7 Å². The molecule has 0 aliphatic rings. The molecule has 0 fully saturated rings. The lowest BCUT2D eigenvalue weighted by molar-refractivity contribution is -0.134. The number of hydrogen-bond acceptors (Lipinski definition) is 4. The smallest absolute Gasteiger partial charge is 0.330 e. The van der Waals surface area contributed by atoms with E-state index < -0.39 is 5.97 Å². The van der Waals surface area contributed by atoms with Gasteiger partial charge in [-0.05, 0) is 12.1 Å². The third-order valence-electron chi connectivity index (χ3n) is 2.13. The molecule has 1 amide bonds. The predicted molar refractivity (Wildman–Crippen MR) is 65.0 cm³/mol. The fraction of sp³-hybridized carbons (Fsp3) is 0.333. The Bertz CT molecular complexity index is 437. The van der Waals surface area contributed by atoms with Gasteiger partial charge in [-0.1, -0.05) is 6.08 Å². The Morgan fingerprint density at radius 3 is 2.83 bits per heavy atom. The summed E-state index contributed by atoms with van der Waals surface area (Å²) < 4.78 is 9.35. The summed E-state index contributed by atoms with van der Waals surface area (Å²) in [6.45, 7) is 0.683. The van der Waals surface area contributed by atoms with Crippen LogP contribution in [0.5, 0.6) is 0 Å². The second-order valence-electron chi connectivity index (χ2n) is 3.47. The lowest BCUT2D eigenvalue weighted by atomic mass is 10.4. The zero-order valence-corrected chi connectivity index (χ0v) is 10.4. The van der Waals surface area contributed by atoms with Gasteiger partial charge in [0.05, 0.1) is 13.7 Å². The number of esters is 1. The highest BCUT2D eigenvalue weighted by atomic mass is 16.5. The van der Waals surface area contributed by atoms with Gasteiger partial charge in [-0.3, -0.25) is 4.79 Å². The van der Waals surface area contributed by atoms with Crippen molar-refractivity contribution < 1.29 is 19.1 Å². The first-order chi connectivity index (χ1) is 8.67. The van der Waals surface area contributed by atoms with Gasteiger partial charge in [0.2, 0.25) is 0 Å². The van der Waals surface area contributed by atoms with Crippen molar-refractivity contribution in [3.8, 4) is 0 Å². The number of methoxy groups -OCH3 is 2. The van der Waals surface area contributed by atoms with Crippen molar-refractivity contribution in [2.45, 2.75) is 6.61 Å². The highest BCUT2D eigenvalue weighted by Gasteiger charge is 2.06. The Morgan fingerprint density at radius 1 is 1.39 bits per heavy atom. The molecular formula is C12H16N2O4. The maximum Gasteiger partial charge on any atom is 0.330 e. The molecule has 98 valence electrons. The molecule has 0 spiro atoms. The number of amides is 1. The molecule has 1 aromatic rings. The van der Waals surface area contributed by atoms with Gasteiger partial charge in [-0.25, -0.2) is 4.79 Å². The van der Waals surface area contributed by atoms with Gasteiger partial charge in [0.15, 0.2) is 0 Å². The minimum absolute atomic E-state index is 0.244. The van der Waals surface area contributed by atoms with Gasteiger partial charge in [0.25, 0.3) is 5.91 Å². The summed E-state index contributed by atoms with van der Waals surface area (Å²) in [7, 11) is 2.87. The number of aromatic amines is 1. The summed E-state index contributed by atoms with van der Waals surface area (Å²) in [6, 6.07) is 3.45. The van der Waals surface area contributed by atoms with Crippen LogP contribution < -0.4 is 5.32 Å². The molecule has 6 nitrogen and oxygen atoms in total. The Labute approximate surface area is 105 Å². The second-order valence-corrected chi connectivity index (χ2v) is 3.47. The Balaban J connectivity index is 2.40. The summed E-state index contributed by atoms with van der Waals surface area (Å²) in [6.07, 6.45) is 2.77. The fourth-order valence-electron chi connectivity index (χ4n) is 1.28. The highest BCUT2D eigenvalue weighted by molar-refractivity contribution is 5.92. The number of aromatic nitrogens is 1. The van der Waals surface area contributed by atoms with E-state index in [9.17, 15) is 9.59 Å². The van der Waals surface area contributed by atoms with Crippen molar-refractivity contribution in [2.24, 2.45) is 0 Å². The van der Waals surface area contributed by atoms with Crippen LogP contribution in [0.1, 0.15) is 16.2 Å². The van der Waals surface area contributed by atoms with E-state index in [1.807, 2.05) is 0 Å². The number of hydrogen-bond donors (Lipinski definition) is 2. The zero-order valence-electron chi connectivity index (χ0n) is 10.4. The number of ether oxygens (including phenoxy) is 2. The summed E-state index contributed by atoms with van der Waals surface area (Å²) in [5.74, 6) is -0.696. The van der Waals surface area contributed by atoms with Crippen LogP contribution >= 0.6 is 0 Å². The van der Waals surface area contributed by atoms with Gasteiger partial charge < -0.3 is 19.8 Å². The number of nitrogens with one attached hydrogen (secondary N) is 2. The van der Waals surface area contributed by atoms with E-state index in [1.54, 1.807) is 19.2 Å². The molecule has 1 rings (SSSR count). The summed E-state index contributed by atoms with van der Waals surface area (Å²) in [5, 5.41) is 2.63. The molecule has 0 bridgehead atoms. The van der Waals surface area contributed by atoms with Gasteiger partial charge >= 0.3 is 5.97 Å². The van der Waals surface area contributed by atoms with Crippen LogP contribution in [-0.4, -0.2) is 37.6 Å². The van der Waals surface area contributed by atoms with Gasteiger partial charge in [0, 0.05) is 25.4 Å². The normalized spacial score (nSPS) is 10.6. The van der Waals surface area contributed by atoms with Crippen molar-refractivity contribution in [1.29, 1.82) is 0 Å². The largest absolute Gasteiger partial charge is 0.466 e. The van der Waals surface area contributed by atoms with Gasteiger partial charge in [-0.2, -0.15) is 0 Å². The third-order valence-corrected chi connectivity index (χ3v) is 2.13. The first-order valence-electron chi connectivity index (χ1n) is 5.37. The van der Waals surface area contributed by atoms with Gasteiger partial charge in [0.1, 0.15) is 5.69 Å². The van der Waals surface area contributed by atoms with Crippen LogP contribution in [0.25, 0.3) is 0 Å². The third kappa shape index (κ3) is 4.42. The van der Waals surface area contributed by atoms with E-state index in [2.05, 4.69) is 15.0 Å². The first kappa shape index (κ1) is 14.0. The van der Waals surface area contributed by atoms with Crippen LogP contribution in [0.2, 0.25) is 0 Å². The molecule has 1 heterocycles. The van der Waals surface area contributed by atoms with Crippen LogP contribution in [0.15, 0.2) is 24.3 Å². The van der Waals surface area contributed by atoms with Crippen LogP contribution in [-0.2, 0) is 20.9 Å². The first-order valence-corrected chi connectivity index (χ1v) is 5.37. The predicted octanol–water partition coefficient (Wildman–Crippen LogP) is 0.620. The maximum atomic E-state index is 11.6. The molecule has 0 saturated heterocycles. The monoisotopic (exact) mass is 252 g/mol. The summed E-state index contributed by atoms with van der Waals surface area (Å²) in [4.78, 5) is 25.3. The Hall–Kier alpha value is -2.08.